The van der Waals surface area contributed by atoms with Crippen molar-refractivity contribution >= 4 is 35.0 Å². The zero-order valence-corrected chi connectivity index (χ0v) is 11.6. The summed E-state index contributed by atoms with van der Waals surface area (Å²) in [7, 11) is 0. The lowest BCUT2D eigenvalue weighted by Crippen LogP contribution is -2.35. The minimum Gasteiger partial charge on any atom is -0.325 e. The van der Waals surface area contributed by atoms with Crippen molar-refractivity contribution in [1.29, 1.82) is 0 Å². The fourth-order valence-corrected chi connectivity index (χ4v) is 2.22. The molecule has 5 heteroatoms. The Morgan fingerprint density at radius 2 is 2.12 bits per heavy atom. The zero-order valence-electron chi connectivity index (χ0n) is 10.00. The molecule has 1 aromatic rings. The maximum absolute atomic E-state index is 11.6. The van der Waals surface area contributed by atoms with E-state index in [9.17, 15) is 4.79 Å². The molecule has 0 aliphatic carbocycles. The molecule has 0 radical (unpaired) electrons. The van der Waals surface area contributed by atoms with Gasteiger partial charge in [-0.3, -0.25) is 4.79 Å². The minimum atomic E-state index is -0.255. The number of carbonyl (C=O) groups excluding carboxylic acids is 1. The molecule has 17 heavy (non-hydrogen) atoms. The molecule has 0 bridgehead atoms. The highest BCUT2D eigenvalue weighted by molar-refractivity contribution is 8.00. The first-order chi connectivity index (χ1) is 7.88. The second-order valence-electron chi connectivity index (χ2n) is 4.51. The van der Waals surface area contributed by atoms with Gasteiger partial charge in [-0.25, -0.2) is 0 Å². The average molecular weight is 273 g/mol. The van der Waals surface area contributed by atoms with Gasteiger partial charge in [0.1, 0.15) is 0 Å². The lowest BCUT2D eigenvalue weighted by molar-refractivity contribution is -0.113. The van der Waals surface area contributed by atoms with Gasteiger partial charge >= 0.3 is 0 Å². The molecule has 0 fully saturated rings. The SMILES string of the molecule is CC(C)(N)CSCC(=O)Nc1ccccc1Cl. The molecule has 1 rings (SSSR count). The van der Waals surface area contributed by atoms with Crippen LogP contribution in [0.3, 0.4) is 0 Å². The number of nitrogens with one attached hydrogen (secondary N) is 1. The summed E-state index contributed by atoms with van der Waals surface area (Å²) in [4.78, 5) is 11.6. The van der Waals surface area contributed by atoms with E-state index in [1.165, 1.54) is 11.8 Å². The predicted molar refractivity (Wildman–Crippen MR) is 75.7 cm³/mol. The van der Waals surface area contributed by atoms with Crippen molar-refractivity contribution in [1.82, 2.24) is 0 Å². The number of nitrogens with two attached hydrogens (primary N) is 1. The molecule has 1 amide bonds. The van der Waals surface area contributed by atoms with Gasteiger partial charge in [0.15, 0.2) is 0 Å². The Bertz CT molecular complexity index is 390. The van der Waals surface area contributed by atoms with E-state index in [0.29, 0.717) is 16.5 Å². The Morgan fingerprint density at radius 3 is 2.71 bits per heavy atom. The van der Waals surface area contributed by atoms with Crippen LogP contribution in [0.25, 0.3) is 0 Å². The molecule has 0 unspecified atom stereocenters. The van der Waals surface area contributed by atoms with Crippen molar-refractivity contribution in [3.63, 3.8) is 0 Å². The van der Waals surface area contributed by atoms with Crippen LogP contribution in [0.15, 0.2) is 24.3 Å². The summed E-state index contributed by atoms with van der Waals surface area (Å²) in [6.45, 7) is 3.87. The van der Waals surface area contributed by atoms with Crippen molar-refractivity contribution in [2.75, 3.05) is 16.8 Å². The first-order valence-corrected chi connectivity index (χ1v) is 6.83. The molecule has 0 aromatic heterocycles. The largest absolute Gasteiger partial charge is 0.325 e. The highest BCUT2D eigenvalue weighted by Gasteiger charge is 2.12. The van der Waals surface area contributed by atoms with Crippen LogP contribution in [0, 0.1) is 0 Å². The Kier molecular flexibility index (Phi) is 5.31. The fraction of sp³-hybridized carbons (Fsp3) is 0.417. The number of para-hydroxylation sites is 1. The van der Waals surface area contributed by atoms with E-state index >= 15 is 0 Å². The van der Waals surface area contributed by atoms with E-state index < -0.39 is 0 Å². The second kappa shape index (κ2) is 6.28. The summed E-state index contributed by atoms with van der Waals surface area (Å²) in [6.07, 6.45) is 0. The molecular weight excluding hydrogens is 256 g/mol. The van der Waals surface area contributed by atoms with Crippen LogP contribution in [0.1, 0.15) is 13.8 Å². The van der Waals surface area contributed by atoms with Gasteiger partial charge in [-0.1, -0.05) is 23.7 Å². The lowest BCUT2D eigenvalue weighted by atomic mass is 10.1. The van der Waals surface area contributed by atoms with Crippen LogP contribution in [0.4, 0.5) is 5.69 Å². The first kappa shape index (κ1) is 14.4. The van der Waals surface area contributed by atoms with Gasteiger partial charge in [0.25, 0.3) is 0 Å². The predicted octanol–water partition coefficient (Wildman–Crippen LogP) is 2.75. The van der Waals surface area contributed by atoms with E-state index in [2.05, 4.69) is 5.32 Å². The molecule has 3 nitrogen and oxygen atoms in total. The number of carbonyl (C=O) groups is 1. The molecule has 0 aliphatic heterocycles. The molecule has 94 valence electrons. The minimum absolute atomic E-state index is 0.0626. The zero-order chi connectivity index (χ0) is 12.9. The van der Waals surface area contributed by atoms with Gasteiger partial charge in [-0.15, -0.1) is 0 Å². The summed E-state index contributed by atoms with van der Waals surface area (Å²) in [5.41, 5.74) is 6.22. The Hall–Kier alpha value is -0.710. The average Bonchev–Trinajstić information content (AvgIpc) is 2.19. The lowest BCUT2D eigenvalue weighted by Gasteiger charge is -2.17. The van der Waals surface area contributed by atoms with E-state index in [1.807, 2.05) is 26.0 Å². The van der Waals surface area contributed by atoms with Gasteiger partial charge in [0.05, 0.1) is 16.5 Å². The summed E-state index contributed by atoms with van der Waals surface area (Å²) >= 11 is 7.45. The van der Waals surface area contributed by atoms with E-state index in [-0.39, 0.29) is 11.4 Å². The molecule has 0 spiro atoms. The fourth-order valence-electron chi connectivity index (χ4n) is 1.16. The smallest absolute Gasteiger partial charge is 0.234 e. The van der Waals surface area contributed by atoms with E-state index in [0.717, 1.165) is 5.75 Å². The normalized spacial score (nSPS) is 11.3. The van der Waals surface area contributed by atoms with Gasteiger partial charge in [0.2, 0.25) is 5.91 Å². The molecule has 3 N–H and O–H groups in total. The summed E-state index contributed by atoms with van der Waals surface area (Å²) in [5, 5.41) is 3.31. The third kappa shape index (κ3) is 5.96. The summed E-state index contributed by atoms with van der Waals surface area (Å²) in [5.74, 6) is 1.06. The van der Waals surface area contributed by atoms with Gasteiger partial charge < -0.3 is 11.1 Å². The van der Waals surface area contributed by atoms with Crippen LogP contribution in [-0.2, 0) is 4.79 Å². The highest BCUT2D eigenvalue weighted by atomic mass is 35.5. The number of thioether (sulfide) groups is 1. The van der Waals surface area contributed by atoms with Crippen molar-refractivity contribution in [3.05, 3.63) is 29.3 Å². The number of hydrogen-bond donors (Lipinski definition) is 2. The van der Waals surface area contributed by atoms with E-state index in [1.54, 1.807) is 12.1 Å². The Balaban J connectivity index is 2.38. The number of benzene rings is 1. The van der Waals surface area contributed by atoms with Crippen molar-refractivity contribution in [3.8, 4) is 0 Å². The Labute approximate surface area is 111 Å². The summed E-state index contributed by atoms with van der Waals surface area (Å²) < 4.78 is 0. The van der Waals surface area contributed by atoms with Crippen LogP contribution in [0.5, 0.6) is 0 Å². The molecule has 0 saturated heterocycles. The van der Waals surface area contributed by atoms with Crippen LogP contribution in [0.2, 0.25) is 5.02 Å². The van der Waals surface area contributed by atoms with Crippen LogP contribution >= 0.6 is 23.4 Å². The molecule has 1 aromatic carbocycles. The standard InChI is InChI=1S/C12H17ClN2OS/c1-12(2,14)8-17-7-11(16)15-10-6-4-3-5-9(10)13/h3-6H,7-8,14H2,1-2H3,(H,15,16). The quantitative estimate of drug-likeness (QED) is 0.867. The van der Waals surface area contributed by atoms with Gasteiger partial charge in [-0.2, -0.15) is 11.8 Å². The van der Waals surface area contributed by atoms with Crippen LogP contribution < -0.4 is 11.1 Å². The number of hydrogen-bond acceptors (Lipinski definition) is 3. The summed E-state index contributed by atoms with van der Waals surface area (Å²) in [6, 6.07) is 7.17. The third-order valence-corrected chi connectivity index (χ3v) is 3.60. The third-order valence-electron chi connectivity index (χ3n) is 1.86. The van der Waals surface area contributed by atoms with Gasteiger partial charge in [-0.05, 0) is 26.0 Å². The molecule has 0 saturated carbocycles. The number of rotatable bonds is 5. The van der Waals surface area contributed by atoms with Crippen molar-refractivity contribution in [2.24, 2.45) is 5.73 Å². The number of halogens is 1. The van der Waals surface area contributed by atoms with Crippen molar-refractivity contribution < 1.29 is 4.79 Å². The molecule has 0 aliphatic rings. The van der Waals surface area contributed by atoms with Crippen molar-refractivity contribution in [2.45, 2.75) is 19.4 Å². The Morgan fingerprint density at radius 1 is 1.47 bits per heavy atom. The topological polar surface area (TPSA) is 55.1 Å². The van der Waals surface area contributed by atoms with Gasteiger partial charge in [0, 0.05) is 11.3 Å². The molecular formula is C12H17ClN2OS. The maximum Gasteiger partial charge on any atom is 0.234 e. The van der Waals surface area contributed by atoms with E-state index in [4.69, 9.17) is 17.3 Å². The van der Waals surface area contributed by atoms with Crippen LogP contribution in [-0.4, -0.2) is 23.0 Å². The second-order valence-corrected chi connectivity index (χ2v) is 5.90. The monoisotopic (exact) mass is 272 g/mol. The maximum atomic E-state index is 11.6. The number of anilines is 1. The highest BCUT2D eigenvalue weighted by Crippen LogP contribution is 2.20. The number of amides is 1. The first-order valence-electron chi connectivity index (χ1n) is 5.29. The molecule has 0 heterocycles. The molecule has 0 atom stereocenters.